The summed E-state index contributed by atoms with van der Waals surface area (Å²) in [5.41, 5.74) is 1.22. The van der Waals surface area contributed by atoms with Crippen molar-refractivity contribution in [1.29, 1.82) is 0 Å². The molecule has 0 aromatic carbocycles. The zero-order valence-corrected chi connectivity index (χ0v) is 15.1. The Hall–Kier alpha value is -2.41. The van der Waals surface area contributed by atoms with E-state index in [1.165, 1.54) is 5.56 Å². The minimum absolute atomic E-state index is 0.128. The van der Waals surface area contributed by atoms with Gasteiger partial charge in [-0.25, -0.2) is 9.78 Å². The summed E-state index contributed by atoms with van der Waals surface area (Å²) in [5, 5.41) is 7.17. The molecule has 0 bridgehead atoms. The molecule has 0 aliphatic carbocycles. The molecule has 0 saturated carbocycles. The highest BCUT2D eigenvalue weighted by Crippen LogP contribution is 2.35. The van der Waals surface area contributed by atoms with Gasteiger partial charge in [0.15, 0.2) is 0 Å². The number of aryl methyl sites for hydroxylation is 1. The normalized spacial score (nSPS) is 21.1. The van der Waals surface area contributed by atoms with E-state index in [2.05, 4.69) is 33.5 Å². The van der Waals surface area contributed by atoms with Crippen molar-refractivity contribution < 1.29 is 4.79 Å². The maximum absolute atomic E-state index is 12.5. The fourth-order valence-electron chi connectivity index (χ4n) is 3.65. The SMILES string of the molecule is CN(C[C@@H]1CCCN(C)[C@H]1c1cnn(C)c1)C(=O)Nc1ccccn1. The lowest BCUT2D eigenvalue weighted by Gasteiger charge is -2.40. The molecule has 134 valence electrons. The Kier molecular flexibility index (Phi) is 5.33. The van der Waals surface area contributed by atoms with E-state index in [0.29, 0.717) is 18.3 Å². The van der Waals surface area contributed by atoms with Crippen LogP contribution in [0.4, 0.5) is 10.6 Å². The van der Waals surface area contributed by atoms with Gasteiger partial charge in [0, 0.05) is 44.6 Å². The predicted octanol–water partition coefficient (Wildman–Crippen LogP) is 2.36. The summed E-state index contributed by atoms with van der Waals surface area (Å²) in [6, 6.07) is 5.63. The summed E-state index contributed by atoms with van der Waals surface area (Å²) in [6.45, 7) is 1.77. The second-order valence-corrected chi connectivity index (χ2v) is 6.80. The topological polar surface area (TPSA) is 66.3 Å². The van der Waals surface area contributed by atoms with Crippen molar-refractivity contribution in [3.63, 3.8) is 0 Å². The summed E-state index contributed by atoms with van der Waals surface area (Å²) in [7, 11) is 5.93. The predicted molar refractivity (Wildman–Crippen MR) is 97.2 cm³/mol. The maximum atomic E-state index is 12.5. The number of urea groups is 1. The quantitative estimate of drug-likeness (QED) is 0.926. The van der Waals surface area contributed by atoms with Gasteiger partial charge in [-0.05, 0) is 44.5 Å². The highest BCUT2D eigenvalue weighted by molar-refractivity contribution is 5.88. The molecule has 3 heterocycles. The lowest BCUT2D eigenvalue weighted by Crippen LogP contribution is -2.43. The molecular weight excluding hydrogens is 316 g/mol. The van der Waals surface area contributed by atoms with Crippen LogP contribution in [0.2, 0.25) is 0 Å². The third-order valence-corrected chi connectivity index (χ3v) is 4.83. The average molecular weight is 342 g/mol. The monoisotopic (exact) mass is 342 g/mol. The summed E-state index contributed by atoms with van der Waals surface area (Å²) < 4.78 is 1.84. The van der Waals surface area contributed by atoms with Gasteiger partial charge in [0.2, 0.25) is 0 Å². The average Bonchev–Trinajstić information content (AvgIpc) is 3.01. The fraction of sp³-hybridized carbons (Fsp3) is 0.500. The molecule has 1 saturated heterocycles. The van der Waals surface area contributed by atoms with Crippen molar-refractivity contribution >= 4 is 11.8 Å². The van der Waals surface area contributed by atoms with Crippen molar-refractivity contribution in [2.75, 3.05) is 32.5 Å². The van der Waals surface area contributed by atoms with Gasteiger partial charge < -0.3 is 4.90 Å². The highest BCUT2D eigenvalue weighted by Gasteiger charge is 2.32. The van der Waals surface area contributed by atoms with E-state index in [9.17, 15) is 4.79 Å². The third kappa shape index (κ3) is 4.17. The number of amides is 2. The standard InChI is InChI=1S/C18H26N6O/c1-22-10-6-7-14(17(22)15-11-20-24(3)13-15)12-23(2)18(25)21-16-8-4-5-9-19-16/h4-5,8-9,11,13-14,17H,6-7,10,12H2,1-3H3,(H,19,21,25)/t14-,17+/m0/s1. The van der Waals surface area contributed by atoms with E-state index in [0.717, 1.165) is 19.4 Å². The Balaban J connectivity index is 1.67. The van der Waals surface area contributed by atoms with Crippen LogP contribution in [0.5, 0.6) is 0 Å². The molecule has 2 atom stereocenters. The van der Waals surface area contributed by atoms with Gasteiger partial charge in [-0.15, -0.1) is 0 Å². The van der Waals surface area contributed by atoms with E-state index in [1.807, 2.05) is 37.1 Å². The number of nitrogens with zero attached hydrogens (tertiary/aromatic N) is 5. The van der Waals surface area contributed by atoms with Crippen molar-refractivity contribution in [3.8, 4) is 0 Å². The van der Waals surface area contributed by atoms with Crippen LogP contribution in [-0.2, 0) is 7.05 Å². The Morgan fingerprint density at radius 2 is 2.24 bits per heavy atom. The van der Waals surface area contributed by atoms with Gasteiger partial charge in [0.25, 0.3) is 0 Å². The summed E-state index contributed by atoms with van der Waals surface area (Å²) in [4.78, 5) is 20.7. The zero-order valence-electron chi connectivity index (χ0n) is 15.1. The van der Waals surface area contributed by atoms with Crippen molar-refractivity contribution in [1.82, 2.24) is 24.6 Å². The van der Waals surface area contributed by atoms with Gasteiger partial charge in [-0.3, -0.25) is 14.9 Å². The first-order valence-electron chi connectivity index (χ1n) is 8.66. The van der Waals surface area contributed by atoms with Crippen molar-refractivity contribution in [3.05, 3.63) is 42.4 Å². The molecule has 2 aromatic heterocycles. The molecule has 0 unspecified atom stereocenters. The smallest absolute Gasteiger partial charge is 0.322 e. The minimum Gasteiger partial charge on any atom is -0.327 e. The van der Waals surface area contributed by atoms with Crippen LogP contribution in [0, 0.1) is 5.92 Å². The largest absolute Gasteiger partial charge is 0.327 e. The van der Waals surface area contributed by atoms with Crippen LogP contribution in [0.15, 0.2) is 36.8 Å². The van der Waals surface area contributed by atoms with Crippen LogP contribution in [0.1, 0.15) is 24.4 Å². The third-order valence-electron chi connectivity index (χ3n) is 4.83. The Morgan fingerprint density at radius 1 is 1.40 bits per heavy atom. The highest BCUT2D eigenvalue weighted by atomic mass is 16.2. The van der Waals surface area contributed by atoms with Gasteiger partial charge in [0.1, 0.15) is 5.82 Å². The molecule has 2 amide bonds. The number of nitrogens with one attached hydrogen (secondary N) is 1. The van der Waals surface area contributed by atoms with Crippen LogP contribution in [-0.4, -0.2) is 57.8 Å². The number of piperidine rings is 1. The summed E-state index contributed by atoms with van der Waals surface area (Å²) in [5.74, 6) is 0.950. The molecule has 0 spiro atoms. The van der Waals surface area contributed by atoms with Crippen molar-refractivity contribution in [2.45, 2.75) is 18.9 Å². The number of aromatic nitrogens is 3. The second kappa shape index (κ2) is 7.65. The molecule has 7 heteroatoms. The molecule has 0 radical (unpaired) electrons. The Labute approximate surface area is 148 Å². The minimum atomic E-state index is -0.128. The first-order valence-corrected chi connectivity index (χ1v) is 8.66. The van der Waals surface area contributed by atoms with Crippen molar-refractivity contribution in [2.24, 2.45) is 13.0 Å². The molecule has 2 aromatic rings. The number of carbonyl (C=O) groups is 1. The zero-order chi connectivity index (χ0) is 17.8. The number of rotatable bonds is 4. The first-order chi connectivity index (χ1) is 12.0. The molecular formula is C18H26N6O. The van der Waals surface area contributed by atoms with Gasteiger partial charge in [-0.2, -0.15) is 5.10 Å². The number of pyridine rings is 1. The molecule has 1 N–H and O–H groups in total. The lowest BCUT2D eigenvalue weighted by molar-refractivity contribution is 0.101. The number of hydrogen-bond acceptors (Lipinski definition) is 4. The van der Waals surface area contributed by atoms with Crippen LogP contribution >= 0.6 is 0 Å². The van der Waals surface area contributed by atoms with Gasteiger partial charge in [-0.1, -0.05) is 6.07 Å². The lowest BCUT2D eigenvalue weighted by atomic mass is 9.86. The molecule has 25 heavy (non-hydrogen) atoms. The first kappa shape index (κ1) is 17.4. The van der Waals surface area contributed by atoms with E-state index in [-0.39, 0.29) is 12.1 Å². The van der Waals surface area contributed by atoms with E-state index < -0.39 is 0 Å². The van der Waals surface area contributed by atoms with E-state index in [4.69, 9.17) is 0 Å². The van der Waals surface area contributed by atoms with Gasteiger partial charge in [0.05, 0.1) is 6.20 Å². The Morgan fingerprint density at radius 3 is 2.92 bits per heavy atom. The van der Waals surface area contributed by atoms with E-state index in [1.54, 1.807) is 17.2 Å². The summed E-state index contributed by atoms with van der Waals surface area (Å²) >= 11 is 0. The van der Waals surface area contributed by atoms with Crippen LogP contribution in [0.3, 0.4) is 0 Å². The fourth-order valence-corrected chi connectivity index (χ4v) is 3.65. The van der Waals surface area contributed by atoms with E-state index >= 15 is 0 Å². The molecule has 1 fully saturated rings. The maximum Gasteiger partial charge on any atom is 0.322 e. The van der Waals surface area contributed by atoms with Crippen LogP contribution < -0.4 is 5.32 Å². The number of hydrogen-bond donors (Lipinski definition) is 1. The number of likely N-dealkylation sites (tertiary alicyclic amines) is 1. The molecule has 1 aliphatic heterocycles. The van der Waals surface area contributed by atoms with Crippen LogP contribution in [0.25, 0.3) is 0 Å². The number of anilines is 1. The van der Waals surface area contributed by atoms with Gasteiger partial charge >= 0.3 is 6.03 Å². The second-order valence-electron chi connectivity index (χ2n) is 6.80. The Bertz CT molecular complexity index is 701. The molecule has 1 aliphatic rings. The summed E-state index contributed by atoms with van der Waals surface area (Å²) in [6.07, 6.45) is 7.93. The molecule has 7 nitrogen and oxygen atoms in total. The number of carbonyl (C=O) groups excluding carboxylic acids is 1. The molecule has 3 rings (SSSR count).